The lowest BCUT2D eigenvalue weighted by Gasteiger charge is -2.31. The summed E-state index contributed by atoms with van der Waals surface area (Å²) in [5, 5.41) is 31.2. The Morgan fingerprint density at radius 3 is 2.66 bits per heavy atom. The number of nitro benzene ring substituents is 1. The topological polar surface area (TPSA) is 172 Å². The van der Waals surface area contributed by atoms with E-state index in [2.05, 4.69) is 4.98 Å². The van der Waals surface area contributed by atoms with Crippen LogP contribution in [0.2, 0.25) is 0 Å². The highest BCUT2D eigenvalue weighted by atomic mass is 127. The minimum atomic E-state index is -0.934. The third-order valence-electron chi connectivity index (χ3n) is 5.73. The Kier molecular flexibility index (Phi) is 8.36. The number of hydrogen-bond donors (Lipinski definition) is 3. The van der Waals surface area contributed by atoms with Crippen LogP contribution in [0, 0.1) is 19.1 Å². The first-order valence-corrected chi connectivity index (χ1v) is 11.9. The number of nitrogens with two attached hydrogens (primary N) is 1. The molecule has 2 aromatic rings. The number of hydrogen-bond acceptors (Lipinski definition) is 10. The van der Waals surface area contributed by atoms with Crippen molar-refractivity contribution in [1.29, 1.82) is 0 Å². The molecule has 0 radical (unpaired) electrons. The van der Waals surface area contributed by atoms with E-state index in [4.69, 9.17) is 19.9 Å². The van der Waals surface area contributed by atoms with Gasteiger partial charge in [0.15, 0.2) is 0 Å². The number of rotatable bonds is 8. The summed E-state index contributed by atoms with van der Waals surface area (Å²) in [5.74, 6) is 0.431. The maximum Gasteiger partial charge on any atom is 0.351 e. The highest BCUT2D eigenvalue weighted by Crippen LogP contribution is 2.43. The number of aliphatic hydroxyl groups excluding tert-OH is 2. The first-order chi connectivity index (χ1) is 16.4. The molecule has 0 bridgehead atoms. The lowest BCUT2D eigenvalue weighted by atomic mass is 9.83. The van der Waals surface area contributed by atoms with Crippen LogP contribution in [0.15, 0.2) is 23.1 Å². The molecular formula is C22H29IN4O8. The van der Waals surface area contributed by atoms with E-state index in [9.17, 15) is 25.1 Å². The van der Waals surface area contributed by atoms with Gasteiger partial charge >= 0.3 is 5.69 Å². The summed E-state index contributed by atoms with van der Waals surface area (Å²) >= 11 is 1.97. The molecule has 13 heteroatoms. The second-order valence-electron chi connectivity index (χ2n) is 9.32. The molecule has 0 spiro atoms. The molecule has 35 heavy (non-hydrogen) atoms. The average molecular weight is 604 g/mol. The largest absolute Gasteiger partial charge is 0.496 e. The molecule has 3 rings (SSSR count). The van der Waals surface area contributed by atoms with Crippen molar-refractivity contribution in [3.05, 3.63) is 53.6 Å². The lowest BCUT2D eigenvalue weighted by molar-refractivity contribution is -0.386. The summed E-state index contributed by atoms with van der Waals surface area (Å²) in [6.07, 6.45) is -1.79. The number of aromatic nitrogens is 2. The second kappa shape index (κ2) is 10.7. The van der Waals surface area contributed by atoms with Gasteiger partial charge in [-0.2, -0.15) is 4.98 Å². The molecule has 1 saturated heterocycles. The number of nitrogens with zero attached hydrogens (tertiary/aromatic N) is 3. The predicted molar refractivity (Wildman–Crippen MR) is 134 cm³/mol. The third-order valence-corrected chi connectivity index (χ3v) is 6.57. The van der Waals surface area contributed by atoms with Crippen LogP contribution < -0.4 is 16.2 Å². The van der Waals surface area contributed by atoms with Crippen molar-refractivity contribution < 1.29 is 29.3 Å². The fourth-order valence-corrected chi connectivity index (χ4v) is 4.62. The van der Waals surface area contributed by atoms with Crippen LogP contribution in [0.3, 0.4) is 0 Å². The molecule has 0 aliphatic carbocycles. The van der Waals surface area contributed by atoms with Gasteiger partial charge in [0.25, 0.3) is 5.69 Å². The zero-order chi connectivity index (χ0) is 26.1. The van der Waals surface area contributed by atoms with Gasteiger partial charge < -0.3 is 30.2 Å². The molecule has 2 heterocycles. The number of nitro groups is 1. The maximum absolute atomic E-state index is 12.4. The van der Waals surface area contributed by atoms with E-state index < -0.39 is 47.2 Å². The number of nitrogen functional groups attached to an aromatic ring is 1. The Hall–Kier alpha value is -2.33. The van der Waals surface area contributed by atoms with E-state index >= 15 is 0 Å². The van der Waals surface area contributed by atoms with E-state index in [1.165, 1.54) is 23.9 Å². The predicted octanol–water partition coefficient (Wildman–Crippen LogP) is 2.29. The quantitative estimate of drug-likeness (QED) is 0.231. The minimum Gasteiger partial charge on any atom is -0.496 e. The lowest BCUT2D eigenvalue weighted by Crippen LogP contribution is -2.29. The van der Waals surface area contributed by atoms with E-state index in [0.29, 0.717) is 20.4 Å². The van der Waals surface area contributed by atoms with Crippen LogP contribution in [-0.2, 0) is 16.1 Å². The molecular weight excluding hydrogens is 575 g/mol. The zero-order valence-electron chi connectivity index (χ0n) is 19.8. The number of methoxy groups -OCH3 is 1. The van der Waals surface area contributed by atoms with E-state index in [1.807, 2.05) is 43.4 Å². The Labute approximate surface area is 215 Å². The highest BCUT2D eigenvalue weighted by Gasteiger charge is 2.36. The van der Waals surface area contributed by atoms with Crippen molar-refractivity contribution in [1.82, 2.24) is 9.55 Å². The van der Waals surface area contributed by atoms with Crippen molar-refractivity contribution in [2.24, 2.45) is 5.41 Å². The number of benzene rings is 1. The molecule has 0 amide bonds. The van der Waals surface area contributed by atoms with Gasteiger partial charge in [-0.3, -0.25) is 14.7 Å². The summed E-state index contributed by atoms with van der Waals surface area (Å²) in [6.45, 7) is 5.16. The number of ether oxygens (including phenoxy) is 3. The van der Waals surface area contributed by atoms with Gasteiger partial charge in [0.2, 0.25) is 0 Å². The molecule has 4 N–H and O–H groups in total. The molecule has 1 aliphatic heterocycles. The average Bonchev–Trinajstić information content (AvgIpc) is 3.14. The molecule has 1 aliphatic rings. The van der Waals surface area contributed by atoms with E-state index in [1.54, 1.807) is 6.07 Å². The Bertz CT molecular complexity index is 1150. The summed E-state index contributed by atoms with van der Waals surface area (Å²) in [6, 6.07) is 3.04. The first-order valence-electron chi connectivity index (χ1n) is 10.8. The normalized spacial score (nSPS) is 21.2. The van der Waals surface area contributed by atoms with Gasteiger partial charge in [-0.15, -0.1) is 0 Å². The van der Waals surface area contributed by atoms with Gasteiger partial charge in [-0.05, 0) is 34.1 Å². The fraction of sp³-hybridized carbons (Fsp3) is 0.545. The van der Waals surface area contributed by atoms with Crippen LogP contribution in [0.4, 0.5) is 11.5 Å². The van der Waals surface area contributed by atoms with Crippen molar-refractivity contribution in [2.45, 2.75) is 58.3 Å². The van der Waals surface area contributed by atoms with Gasteiger partial charge in [-0.1, -0.05) is 20.8 Å². The number of aliphatic hydroxyl groups is 2. The van der Waals surface area contributed by atoms with Crippen LogP contribution in [0.1, 0.15) is 50.7 Å². The summed E-state index contributed by atoms with van der Waals surface area (Å²) in [4.78, 5) is 27.6. The van der Waals surface area contributed by atoms with Crippen LogP contribution >= 0.6 is 22.6 Å². The molecule has 4 atom stereocenters. The number of anilines is 1. The zero-order valence-corrected chi connectivity index (χ0v) is 22.0. The Morgan fingerprint density at radius 2 is 2.11 bits per heavy atom. The van der Waals surface area contributed by atoms with Crippen LogP contribution in [0.5, 0.6) is 5.75 Å². The monoisotopic (exact) mass is 604 g/mol. The van der Waals surface area contributed by atoms with Gasteiger partial charge in [0.1, 0.15) is 23.9 Å². The molecule has 0 unspecified atom stereocenters. The van der Waals surface area contributed by atoms with Gasteiger partial charge in [-0.25, -0.2) is 4.79 Å². The van der Waals surface area contributed by atoms with Crippen LogP contribution in [0.25, 0.3) is 0 Å². The van der Waals surface area contributed by atoms with Crippen molar-refractivity contribution in [3.63, 3.8) is 0 Å². The third kappa shape index (κ3) is 5.91. The van der Waals surface area contributed by atoms with E-state index in [-0.39, 0.29) is 24.5 Å². The standard InChI is InChI=1S/C22H29IN4O8/c1-22(2,3)19(12-5-16(33-4)13(23)6-14(12)27(31)32)34-10-11-8-26(21(30)25-20(11)24)18-7-15(29)17(9-28)35-18/h5-6,8,15,17-19,28-29H,7,9-10H2,1-4H3,(H2,24,25,30)/t15-,17+,18+,19+/m0/s1. The van der Waals surface area contributed by atoms with E-state index in [0.717, 1.165) is 0 Å². The van der Waals surface area contributed by atoms with Crippen molar-refractivity contribution >= 4 is 34.1 Å². The SMILES string of the molecule is COc1cc([C@@H](OCc2cn([C@H]3C[C@H](O)[C@@H](CO)O3)c(=O)nc2N)C(C)(C)C)c([N+](=O)[O-])cc1I. The molecule has 1 aromatic heterocycles. The molecule has 0 saturated carbocycles. The molecule has 1 aromatic carbocycles. The van der Waals surface area contributed by atoms with Crippen molar-refractivity contribution in [3.8, 4) is 5.75 Å². The van der Waals surface area contributed by atoms with Crippen LogP contribution in [-0.4, -0.2) is 50.6 Å². The second-order valence-corrected chi connectivity index (χ2v) is 10.5. The summed E-state index contributed by atoms with van der Waals surface area (Å²) in [7, 11) is 1.49. The molecule has 1 fully saturated rings. The number of halogens is 1. The maximum atomic E-state index is 12.4. The van der Waals surface area contributed by atoms with Gasteiger partial charge in [0, 0.05) is 24.2 Å². The first kappa shape index (κ1) is 27.3. The highest BCUT2D eigenvalue weighted by molar-refractivity contribution is 14.1. The van der Waals surface area contributed by atoms with Crippen molar-refractivity contribution in [2.75, 3.05) is 19.5 Å². The molecule has 12 nitrogen and oxygen atoms in total. The smallest absolute Gasteiger partial charge is 0.351 e. The fourth-order valence-electron chi connectivity index (χ4n) is 3.95. The Morgan fingerprint density at radius 1 is 1.43 bits per heavy atom. The van der Waals surface area contributed by atoms with Gasteiger partial charge in [0.05, 0.1) is 46.6 Å². The summed E-state index contributed by atoms with van der Waals surface area (Å²) < 4.78 is 18.9. The molecule has 192 valence electrons. The summed E-state index contributed by atoms with van der Waals surface area (Å²) in [5.41, 5.74) is 5.35. The Balaban J connectivity index is 1.96. The minimum absolute atomic E-state index is 0.0501.